The molecule has 1 spiro atoms. The van der Waals surface area contributed by atoms with Crippen LogP contribution in [0.5, 0.6) is 0 Å². The van der Waals surface area contributed by atoms with E-state index >= 15 is 0 Å². The molecule has 0 radical (unpaired) electrons. The van der Waals surface area contributed by atoms with E-state index in [1.807, 2.05) is 0 Å². The van der Waals surface area contributed by atoms with Crippen LogP contribution in [0.3, 0.4) is 0 Å². The molecule has 0 aromatic rings. The van der Waals surface area contributed by atoms with Gasteiger partial charge in [0.1, 0.15) is 0 Å². The summed E-state index contributed by atoms with van der Waals surface area (Å²) < 4.78 is 11.2. The zero-order valence-corrected chi connectivity index (χ0v) is 10.3. The molecule has 3 aliphatic rings. The molecule has 16 heavy (non-hydrogen) atoms. The highest BCUT2D eigenvalue weighted by molar-refractivity contribution is 5.13. The smallest absolute Gasteiger partial charge is 0.0838 e. The predicted octanol–water partition coefficient (Wildman–Crippen LogP) is 1.55. The fraction of sp³-hybridized carbons (Fsp3) is 1.00. The molecule has 0 aliphatic heterocycles. The Balaban J connectivity index is 1.85. The molecule has 2 N–H and O–H groups in total. The molecular formula is C13H23NO2. The minimum atomic E-state index is 0.260. The summed E-state index contributed by atoms with van der Waals surface area (Å²) in [5.41, 5.74) is 6.82. The van der Waals surface area contributed by atoms with Gasteiger partial charge in [-0.2, -0.15) is 0 Å². The fourth-order valence-corrected chi connectivity index (χ4v) is 4.78. The highest BCUT2D eigenvalue weighted by Crippen LogP contribution is 2.62. The van der Waals surface area contributed by atoms with Gasteiger partial charge in [0.05, 0.1) is 12.2 Å². The number of rotatable bonds is 2. The number of methoxy groups -OCH3 is 2. The zero-order chi connectivity index (χ0) is 11.3. The van der Waals surface area contributed by atoms with Gasteiger partial charge in [0.2, 0.25) is 0 Å². The van der Waals surface area contributed by atoms with Crippen LogP contribution in [0, 0.1) is 17.3 Å². The van der Waals surface area contributed by atoms with E-state index in [0.717, 1.165) is 24.7 Å². The van der Waals surface area contributed by atoms with Gasteiger partial charge in [-0.1, -0.05) is 0 Å². The van der Waals surface area contributed by atoms with Crippen molar-refractivity contribution in [3.63, 3.8) is 0 Å². The van der Waals surface area contributed by atoms with Crippen molar-refractivity contribution in [1.82, 2.24) is 0 Å². The molecule has 6 atom stereocenters. The van der Waals surface area contributed by atoms with Crippen LogP contribution in [-0.4, -0.2) is 32.5 Å². The quantitative estimate of drug-likeness (QED) is 0.775. The lowest BCUT2D eigenvalue weighted by Crippen LogP contribution is -2.45. The van der Waals surface area contributed by atoms with E-state index in [2.05, 4.69) is 0 Å². The Hall–Kier alpha value is -0.120. The third-order valence-corrected chi connectivity index (χ3v) is 5.64. The van der Waals surface area contributed by atoms with Crippen LogP contribution in [-0.2, 0) is 9.47 Å². The number of ether oxygens (including phenoxy) is 2. The summed E-state index contributed by atoms with van der Waals surface area (Å²) in [7, 11) is 3.60. The van der Waals surface area contributed by atoms with E-state index in [1.54, 1.807) is 14.2 Å². The molecule has 3 aliphatic carbocycles. The lowest BCUT2D eigenvalue weighted by Gasteiger charge is -2.39. The first-order valence-corrected chi connectivity index (χ1v) is 6.52. The number of fused-ring (bicyclic) bond motifs is 3. The number of nitrogens with two attached hydrogens (primary N) is 1. The Kier molecular flexibility index (Phi) is 2.54. The SMILES string of the molecule is COC1CC2(C[C@H]1OC)[C@H]1CC[C@H](C1)[C@@H]2N. The summed E-state index contributed by atoms with van der Waals surface area (Å²) in [6, 6.07) is 0.393. The van der Waals surface area contributed by atoms with Crippen LogP contribution in [0.2, 0.25) is 0 Å². The second kappa shape index (κ2) is 3.69. The molecule has 2 unspecified atom stereocenters. The van der Waals surface area contributed by atoms with Gasteiger partial charge < -0.3 is 15.2 Å². The molecule has 0 aromatic heterocycles. The fourth-order valence-electron chi connectivity index (χ4n) is 4.78. The molecule has 0 heterocycles. The summed E-state index contributed by atoms with van der Waals surface area (Å²) in [6.07, 6.45) is 6.84. The van der Waals surface area contributed by atoms with Gasteiger partial charge in [-0.25, -0.2) is 0 Å². The molecule has 0 aromatic carbocycles. The van der Waals surface area contributed by atoms with Crippen molar-refractivity contribution in [1.29, 1.82) is 0 Å². The van der Waals surface area contributed by atoms with Crippen molar-refractivity contribution in [2.45, 2.75) is 50.4 Å². The summed E-state index contributed by atoms with van der Waals surface area (Å²) in [5.74, 6) is 1.61. The monoisotopic (exact) mass is 225 g/mol. The Morgan fingerprint density at radius 2 is 1.69 bits per heavy atom. The Morgan fingerprint density at radius 1 is 1.06 bits per heavy atom. The van der Waals surface area contributed by atoms with Crippen molar-refractivity contribution in [3.05, 3.63) is 0 Å². The molecule has 3 heteroatoms. The average Bonchev–Trinajstić information content (AvgIpc) is 2.97. The van der Waals surface area contributed by atoms with Gasteiger partial charge >= 0.3 is 0 Å². The van der Waals surface area contributed by atoms with Gasteiger partial charge in [-0.05, 0) is 49.4 Å². The first-order chi connectivity index (χ1) is 7.71. The summed E-state index contributed by atoms with van der Waals surface area (Å²) in [4.78, 5) is 0. The van der Waals surface area contributed by atoms with Crippen LogP contribution in [0.15, 0.2) is 0 Å². The minimum Gasteiger partial charge on any atom is -0.379 e. The molecule has 0 saturated heterocycles. The maximum Gasteiger partial charge on any atom is 0.0838 e. The van der Waals surface area contributed by atoms with E-state index in [-0.39, 0.29) is 12.2 Å². The average molecular weight is 225 g/mol. The Bertz CT molecular complexity index is 265. The third kappa shape index (κ3) is 1.25. The van der Waals surface area contributed by atoms with Crippen LogP contribution >= 0.6 is 0 Å². The van der Waals surface area contributed by atoms with E-state index in [9.17, 15) is 0 Å². The van der Waals surface area contributed by atoms with Crippen LogP contribution in [0.25, 0.3) is 0 Å². The molecule has 3 saturated carbocycles. The van der Waals surface area contributed by atoms with Crippen LogP contribution < -0.4 is 5.73 Å². The second-order valence-electron chi connectivity index (χ2n) is 5.99. The lowest BCUT2D eigenvalue weighted by atomic mass is 9.69. The lowest BCUT2D eigenvalue weighted by molar-refractivity contribution is -0.0157. The van der Waals surface area contributed by atoms with E-state index in [0.29, 0.717) is 11.5 Å². The summed E-state index contributed by atoms with van der Waals surface area (Å²) in [6.45, 7) is 0. The summed E-state index contributed by atoms with van der Waals surface area (Å²) in [5, 5.41) is 0. The number of hydrogen-bond acceptors (Lipinski definition) is 3. The Morgan fingerprint density at radius 3 is 2.12 bits per heavy atom. The van der Waals surface area contributed by atoms with Gasteiger partial charge in [0.15, 0.2) is 0 Å². The Labute approximate surface area is 97.7 Å². The van der Waals surface area contributed by atoms with Crippen molar-refractivity contribution in [3.8, 4) is 0 Å². The topological polar surface area (TPSA) is 44.5 Å². The van der Waals surface area contributed by atoms with Gasteiger partial charge in [0, 0.05) is 20.3 Å². The highest BCUT2D eigenvalue weighted by Gasteiger charge is 2.61. The normalized spacial score (nSPS) is 55.3. The highest BCUT2D eigenvalue weighted by atomic mass is 16.5. The molecule has 3 rings (SSSR count). The molecule has 3 nitrogen and oxygen atoms in total. The standard InChI is InChI=1S/C13H23NO2/c1-15-10-6-13(7-11(10)16-2)9-4-3-8(5-9)12(13)14/h8-12H,3-7,14H2,1-2H3/t8-,9+,10-,11?,12+,13?/m1/s1. The largest absolute Gasteiger partial charge is 0.379 e. The maximum absolute atomic E-state index is 6.48. The summed E-state index contributed by atoms with van der Waals surface area (Å²) >= 11 is 0. The van der Waals surface area contributed by atoms with Gasteiger partial charge in [-0.15, -0.1) is 0 Å². The van der Waals surface area contributed by atoms with Gasteiger partial charge in [0.25, 0.3) is 0 Å². The van der Waals surface area contributed by atoms with E-state index in [1.165, 1.54) is 19.3 Å². The molecule has 3 fully saturated rings. The zero-order valence-electron chi connectivity index (χ0n) is 10.3. The molecule has 92 valence electrons. The van der Waals surface area contributed by atoms with Crippen molar-refractivity contribution in [2.24, 2.45) is 23.0 Å². The van der Waals surface area contributed by atoms with E-state index < -0.39 is 0 Å². The van der Waals surface area contributed by atoms with Crippen molar-refractivity contribution < 1.29 is 9.47 Å². The second-order valence-corrected chi connectivity index (χ2v) is 5.99. The first kappa shape index (κ1) is 11.0. The minimum absolute atomic E-state index is 0.260. The maximum atomic E-state index is 6.48. The van der Waals surface area contributed by atoms with Crippen molar-refractivity contribution >= 4 is 0 Å². The molecule has 0 amide bonds. The van der Waals surface area contributed by atoms with E-state index in [4.69, 9.17) is 15.2 Å². The number of hydrogen-bond donors (Lipinski definition) is 1. The van der Waals surface area contributed by atoms with Crippen LogP contribution in [0.4, 0.5) is 0 Å². The third-order valence-electron chi connectivity index (χ3n) is 5.64. The van der Waals surface area contributed by atoms with Gasteiger partial charge in [-0.3, -0.25) is 0 Å². The first-order valence-electron chi connectivity index (χ1n) is 6.52. The van der Waals surface area contributed by atoms with Crippen molar-refractivity contribution in [2.75, 3.05) is 14.2 Å². The predicted molar refractivity (Wildman–Crippen MR) is 62.1 cm³/mol. The van der Waals surface area contributed by atoms with Crippen LogP contribution in [0.1, 0.15) is 32.1 Å². The molecular weight excluding hydrogens is 202 g/mol. The molecule has 2 bridgehead atoms.